The Morgan fingerprint density at radius 2 is 2.06 bits per heavy atom. The smallest absolute Gasteiger partial charge is 0.313 e. The fourth-order valence-electron chi connectivity index (χ4n) is 1.76. The summed E-state index contributed by atoms with van der Waals surface area (Å²) in [4.78, 5) is 16.8. The number of hydrogen-bond donors (Lipinski definition) is 0. The van der Waals surface area contributed by atoms with Crippen LogP contribution in [0.3, 0.4) is 0 Å². The molecule has 4 heteroatoms. The van der Waals surface area contributed by atoms with Gasteiger partial charge in [-0.1, -0.05) is 12.1 Å². The summed E-state index contributed by atoms with van der Waals surface area (Å²) in [6, 6.07) is 5.89. The minimum absolute atomic E-state index is 0.279. The van der Waals surface area contributed by atoms with Crippen LogP contribution in [0.5, 0.6) is 0 Å². The molecule has 0 aliphatic heterocycles. The Balaban J connectivity index is 2.56. The van der Waals surface area contributed by atoms with Crippen molar-refractivity contribution in [2.24, 2.45) is 0 Å². The molecule has 90 valence electrons. The maximum absolute atomic E-state index is 12.0. The van der Waals surface area contributed by atoms with E-state index >= 15 is 0 Å². The van der Waals surface area contributed by atoms with Crippen molar-refractivity contribution in [1.29, 1.82) is 0 Å². The number of nitrogens with zero attached hydrogens (tertiary/aromatic N) is 1. The normalized spacial score (nSPS) is 10.8. The van der Waals surface area contributed by atoms with Gasteiger partial charge in [0.15, 0.2) is 5.76 Å². The zero-order valence-electron chi connectivity index (χ0n) is 10.4. The molecule has 0 saturated heterocycles. The Morgan fingerprint density at radius 1 is 1.35 bits per heavy atom. The molecule has 2 aromatic rings. The largest absolute Gasteiger partial charge is 0.451 e. The average Bonchev–Trinajstić information content (AvgIpc) is 2.64. The minimum Gasteiger partial charge on any atom is -0.451 e. The number of carbonyl (C=O) groups is 1. The third-order valence-corrected chi connectivity index (χ3v) is 2.85. The van der Waals surface area contributed by atoms with Gasteiger partial charge in [0.2, 0.25) is 0 Å². The number of fused-ring (bicyclic) bond motifs is 1. The van der Waals surface area contributed by atoms with Gasteiger partial charge in [0.1, 0.15) is 5.58 Å². The van der Waals surface area contributed by atoms with Gasteiger partial charge in [-0.3, -0.25) is 9.63 Å². The molecule has 4 nitrogen and oxygen atoms in total. The maximum Gasteiger partial charge on any atom is 0.313 e. The molecular formula is C13H15NO3. The fraction of sp³-hybridized carbons (Fsp3) is 0.308. The van der Waals surface area contributed by atoms with Crippen molar-refractivity contribution in [3.05, 3.63) is 35.1 Å². The Hall–Kier alpha value is -1.81. The number of aryl methyl sites for hydroxylation is 2. The predicted molar refractivity (Wildman–Crippen MR) is 64.8 cm³/mol. The first-order valence-electron chi connectivity index (χ1n) is 5.36. The summed E-state index contributed by atoms with van der Waals surface area (Å²) in [5, 5.41) is 2.11. The highest BCUT2D eigenvalue weighted by Gasteiger charge is 2.20. The van der Waals surface area contributed by atoms with Crippen LogP contribution in [-0.2, 0) is 4.84 Å². The molecule has 0 unspecified atom stereocenters. The number of rotatable bonds is 2. The molecule has 2 rings (SSSR count). The van der Waals surface area contributed by atoms with Crippen LogP contribution >= 0.6 is 0 Å². The van der Waals surface area contributed by atoms with Crippen LogP contribution in [0.15, 0.2) is 22.6 Å². The molecule has 0 spiro atoms. The van der Waals surface area contributed by atoms with E-state index in [1.54, 1.807) is 7.05 Å². The third-order valence-electron chi connectivity index (χ3n) is 2.85. The molecule has 0 aliphatic rings. The molecule has 0 atom stereocenters. The first-order valence-corrected chi connectivity index (χ1v) is 5.36. The van der Waals surface area contributed by atoms with Gasteiger partial charge in [0, 0.05) is 18.0 Å². The third kappa shape index (κ3) is 1.91. The summed E-state index contributed by atoms with van der Waals surface area (Å²) in [6.45, 7) is 3.86. The predicted octanol–water partition coefficient (Wildman–Crippen LogP) is 2.68. The van der Waals surface area contributed by atoms with Crippen LogP contribution in [0.25, 0.3) is 11.0 Å². The van der Waals surface area contributed by atoms with Gasteiger partial charge in [-0.25, -0.2) is 5.06 Å². The zero-order chi connectivity index (χ0) is 12.6. The molecule has 0 N–H and O–H groups in total. The van der Waals surface area contributed by atoms with Crippen molar-refractivity contribution < 1.29 is 14.0 Å². The monoisotopic (exact) mass is 233 g/mol. The van der Waals surface area contributed by atoms with E-state index in [9.17, 15) is 4.79 Å². The van der Waals surface area contributed by atoms with Gasteiger partial charge >= 0.3 is 5.91 Å². The summed E-state index contributed by atoms with van der Waals surface area (Å²) in [6.07, 6.45) is 0. The number of furan rings is 1. The van der Waals surface area contributed by atoms with Gasteiger partial charge in [-0.15, -0.1) is 0 Å². The van der Waals surface area contributed by atoms with Crippen molar-refractivity contribution in [3.8, 4) is 0 Å². The van der Waals surface area contributed by atoms with Crippen molar-refractivity contribution in [1.82, 2.24) is 5.06 Å². The number of hydroxylamine groups is 2. The van der Waals surface area contributed by atoms with Gasteiger partial charge < -0.3 is 4.42 Å². The standard InChI is InChI=1S/C13H15NO3/c1-8-5-6-10-9(2)12(17-11(10)7-8)13(15)14(3)16-4/h5-7H,1-4H3. The molecule has 0 radical (unpaired) electrons. The van der Waals surface area contributed by atoms with Crippen LogP contribution in [-0.4, -0.2) is 25.1 Å². The molecule has 1 aromatic heterocycles. The molecular weight excluding hydrogens is 218 g/mol. The number of carbonyl (C=O) groups excluding carboxylic acids is 1. The van der Waals surface area contributed by atoms with Crippen LogP contribution in [0.4, 0.5) is 0 Å². The Kier molecular flexibility index (Phi) is 2.90. The lowest BCUT2D eigenvalue weighted by molar-refractivity contribution is -0.0773. The van der Waals surface area contributed by atoms with Crippen molar-refractivity contribution in [2.45, 2.75) is 13.8 Å². The summed E-state index contributed by atoms with van der Waals surface area (Å²) < 4.78 is 5.59. The quantitative estimate of drug-likeness (QED) is 0.749. The first-order chi connectivity index (χ1) is 8.04. The van der Waals surface area contributed by atoms with E-state index in [0.29, 0.717) is 5.76 Å². The molecule has 0 aliphatic carbocycles. The first kappa shape index (κ1) is 11.7. The van der Waals surface area contributed by atoms with Crippen molar-refractivity contribution in [2.75, 3.05) is 14.2 Å². The van der Waals surface area contributed by atoms with Crippen LogP contribution in [0.1, 0.15) is 21.7 Å². The minimum atomic E-state index is -0.279. The molecule has 0 saturated carbocycles. The van der Waals surface area contributed by atoms with Crippen LogP contribution in [0, 0.1) is 13.8 Å². The van der Waals surface area contributed by atoms with E-state index in [4.69, 9.17) is 9.25 Å². The highest BCUT2D eigenvalue weighted by molar-refractivity contribution is 5.98. The SMILES string of the molecule is CON(C)C(=O)c1oc2cc(C)ccc2c1C. The number of amides is 1. The van der Waals surface area contributed by atoms with Crippen LogP contribution in [0.2, 0.25) is 0 Å². The Bertz CT molecular complexity index is 571. The van der Waals surface area contributed by atoms with Gasteiger partial charge in [0.05, 0.1) is 7.11 Å². The number of hydrogen-bond acceptors (Lipinski definition) is 3. The maximum atomic E-state index is 12.0. The van der Waals surface area contributed by atoms with Gasteiger partial charge in [-0.05, 0) is 25.5 Å². The summed E-state index contributed by atoms with van der Waals surface area (Å²) in [5.74, 6) is 0.0498. The molecule has 0 bridgehead atoms. The fourth-order valence-corrected chi connectivity index (χ4v) is 1.76. The average molecular weight is 233 g/mol. The molecule has 17 heavy (non-hydrogen) atoms. The Labute approximate surface area is 99.7 Å². The lowest BCUT2D eigenvalue weighted by Crippen LogP contribution is -2.25. The van der Waals surface area contributed by atoms with Crippen LogP contribution < -0.4 is 0 Å². The van der Waals surface area contributed by atoms with E-state index in [1.807, 2.05) is 32.0 Å². The highest BCUT2D eigenvalue weighted by Crippen LogP contribution is 2.26. The van der Waals surface area contributed by atoms with Crippen molar-refractivity contribution >= 4 is 16.9 Å². The molecule has 1 heterocycles. The second-order valence-electron chi connectivity index (χ2n) is 4.04. The highest BCUT2D eigenvalue weighted by atomic mass is 16.7. The number of benzene rings is 1. The molecule has 1 amide bonds. The summed E-state index contributed by atoms with van der Waals surface area (Å²) in [5.41, 5.74) is 2.68. The molecule has 1 aromatic carbocycles. The van der Waals surface area contributed by atoms with Gasteiger partial charge in [-0.2, -0.15) is 0 Å². The van der Waals surface area contributed by atoms with E-state index in [-0.39, 0.29) is 5.91 Å². The second-order valence-corrected chi connectivity index (χ2v) is 4.04. The Morgan fingerprint density at radius 3 is 2.71 bits per heavy atom. The zero-order valence-corrected chi connectivity index (χ0v) is 10.4. The second kappa shape index (κ2) is 4.22. The van der Waals surface area contributed by atoms with Crippen molar-refractivity contribution in [3.63, 3.8) is 0 Å². The molecule has 0 fully saturated rings. The lowest BCUT2D eigenvalue weighted by atomic mass is 10.1. The lowest BCUT2D eigenvalue weighted by Gasteiger charge is -2.11. The van der Waals surface area contributed by atoms with Gasteiger partial charge in [0.25, 0.3) is 0 Å². The van der Waals surface area contributed by atoms with E-state index in [2.05, 4.69) is 0 Å². The van der Waals surface area contributed by atoms with E-state index in [0.717, 1.165) is 27.2 Å². The summed E-state index contributed by atoms with van der Waals surface area (Å²) in [7, 11) is 3.00. The van der Waals surface area contributed by atoms with E-state index in [1.165, 1.54) is 7.11 Å². The topological polar surface area (TPSA) is 42.7 Å². The van der Waals surface area contributed by atoms with E-state index < -0.39 is 0 Å². The summed E-state index contributed by atoms with van der Waals surface area (Å²) >= 11 is 0.